The maximum Gasteiger partial charge on any atom is 0.241 e. The van der Waals surface area contributed by atoms with Gasteiger partial charge >= 0.3 is 0 Å². The minimum absolute atomic E-state index is 0.150. The predicted octanol–water partition coefficient (Wildman–Crippen LogP) is 1.78. The van der Waals surface area contributed by atoms with Crippen molar-refractivity contribution >= 4 is 11.6 Å². The number of rotatable bonds is 5. The molecule has 1 aromatic heterocycles. The van der Waals surface area contributed by atoms with Crippen molar-refractivity contribution in [2.24, 2.45) is 11.7 Å². The molecule has 0 aromatic carbocycles. The van der Waals surface area contributed by atoms with E-state index in [9.17, 15) is 4.79 Å². The summed E-state index contributed by atoms with van der Waals surface area (Å²) in [6.45, 7) is 8.06. The number of carbonyl (C=O) groups is 1. The average Bonchev–Trinajstić information content (AvgIpc) is 2.75. The first-order valence-corrected chi connectivity index (χ1v) is 6.06. The monoisotopic (exact) mass is 238 g/mol. The first-order valence-electron chi connectivity index (χ1n) is 6.06. The molecule has 1 aromatic rings. The third-order valence-electron chi connectivity index (χ3n) is 2.96. The van der Waals surface area contributed by atoms with Gasteiger partial charge < -0.3 is 11.1 Å². The lowest BCUT2D eigenvalue weighted by atomic mass is 9.99. The van der Waals surface area contributed by atoms with Gasteiger partial charge in [0.25, 0.3) is 0 Å². The van der Waals surface area contributed by atoms with Crippen LogP contribution >= 0.6 is 0 Å². The second kappa shape index (κ2) is 5.82. The molecular weight excluding hydrogens is 216 g/mol. The molecule has 17 heavy (non-hydrogen) atoms. The van der Waals surface area contributed by atoms with Crippen molar-refractivity contribution in [3.05, 3.63) is 12.4 Å². The Morgan fingerprint density at radius 1 is 1.53 bits per heavy atom. The molecule has 0 radical (unpaired) electrons. The van der Waals surface area contributed by atoms with Gasteiger partial charge in [0.1, 0.15) is 0 Å². The van der Waals surface area contributed by atoms with Gasteiger partial charge in [-0.25, -0.2) is 0 Å². The number of hydrogen-bond acceptors (Lipinski definition) is 3. The quantitative estimate of drug-likeness (QED) is 0.821. The summed E-state index contributed by atoms with van der Waals surface area (Å²) in [5.41, 5.74) is 6.54. The van der Waals surface area contributed by atoms with Crippen molar-refractivity contribution < 1.29 is 4.79 Å². The van der Waals surface area contributed by atoms with Crippen LogP contribution in [0.25, 0.3) is 0 Å². The molecule has 96 valence electrons. The Balaban J connectivity index is 2.61. The molecule has 5 heteroatoms. The van der Waals surface area contributed by atoms with E-state index in [2.05, 4.69) is 10.4 Å². The zero-order chi connectivity index (χ0) is 13.0. The summed E-state index contributed by atoms with van der Waals surface area (Å²) in [4.78, 5) is 11.8. The normalized spacial score (nSPS) is 14.7. The molecule has 0 bridgehead atoms. The molecule has 0 unspecified atom stereocenters. The summed E-state index contributed by atoms with van der Waals surface area (Å²) in [5.74, 6) is 0.0257. The molecule has 5 nitrogen and oxygen atoms in total. The van der Waals surface area contributed by atoms with Crippen LogP contribution in [0.2, 0.25) is 0 Å². The number of nitrogens with one attached hydrogen (secondary N) is 1. The molecular formula is C12H22N4O. The van der Waals surface area contributed by atoms with Gasteiger partial charge in [0.2, 0.25) is 5.91 Å². The van der Waals surface area contributed by atoms with Crippen LogP contribution in [0.4, 0.5) is 5.69 Å². The summed E-state index contributed by atoms with van der Waals surface area (Å²) in [6, 6.07) is -0.189. The topological polar surface area (TPSA) is 72.9 Å². The maximum absolute atomic E-state index is 11.8. The van der Waals surface area contributed by atoms with Crippen molar-refractivity contribution in [1.29, 1.82) is 0 Å². The summed E-state index contributed by atoms with van der Waals surface area (Å²) in [5, 5.41) is 6.94. The fourth-order valence-electron chi connectivity index (χ4n) is 1.42. The van der Waals surface area contributed by atoms with Gasteiger partial charge in [-0.2, -0.15) is 5.10 Å². The summed E-state index contributed by atoms with van der Waals surface area (Å²) >= 11 is 0. The molecule has 1 rings (SSSR count). The number of nitrogens with zero attached hydrogens (tertiary/aromatic N) is 2. The zero-order valence-electron chi connectivity index (χ0n) is 11.0. The van der Waals surface area contributed by atoms with E-state index in [1.165, 1.54) is 0 Å². The number of nitrogens with two attached hydrogens (primary N) is 1. The third kappa shape index (κ3) is 3.56. The Morgan fingerprint density at radius 3 is 2.65 bits per heavy atom. The van der Waals surface area contributed by atoms with Gasteiger partial charge in [0.05, 0.1) is 17.9 Å². The highest BCUT2D eigenvalue weighted by molar-refractivity contribution is 5.94. The van der Waals surface area contributed by atoms with Gasteiger partial charge in [-0.05, 0) is 19.8 Å². The van der Waals surface area contributed by atoms with Crippen LogP contribution in [0.5, 0.6) is 0 Å². The van der Waals surface area contributed by atoms with Crippen molar-refractivity contribution in [2.75, 3.05) is 5.32 Å². The van der Waals surface area contributed by atoms with E-state index < -0.39 is 6.04 Å². The first kappa shape index (κ1) is 13.7. The molecule has 0 saturated carbocycles. The molecule has 3 N–H and O–H groups in total. The van der Waals surface area contributed by atoms with Crippen LogP contribution in [0, 0.1) is 5.92 Å². The highest BCUT2D eigenvalue weighted by Crippen LogP contribution is 2.12. The summed E-state index contributed by atoms with van der Waals surface area (Å²) in [6.07, 6.45) is 4.34. The highest BCUT2D eigenvalue weighted by Gasteiger charge is 2.19. The third-order valence-corrected chi connectivity index (χ3v) is 2.96. The van der Waals surface area contributed by atoms with E-state index in [0.29, 0.717) is 5.69 Å². The molecule has 0 fully saturated rings. The van der Waals surface area contributed by atoms with Crippen molar-refractivity contribution in [1.82, 2.24) is 9.78 Å². The Morgan fingerprint density at radius 2 is 2.18 bits per heavy atom. The highest BCUT2D eigenvalue weighted by atomic mass is 16.2. The molecule has 0 spiro atoms. The van der Waals surface area contributed by atoms with Crippen molar-refractivity contribution in [3.8, 4) is 0 Å². The van der Waals surface area contributed by atoms with E-state index in [1.807, 2.05) is 33.9 Å². The lowest BCUT2D eigenvalue weighted by Crippen LogP contribution is -2.40. The molecule has 0 aliphatic carbocycles. The maximum atomic E-state index is 11.8. The van der Waals surface area contributed by atoms with Crippen molar-refractivity contribution in [2.45, 2.75) is 46.2 Å². The van der Waals surface area contributed by atoms with Crippen LogP contribution in [-0.4, -0.2) is 21.7 Å². The summed E-state index contributed by atoms with van der Waals surface area (Å²) in [7, 11) is 0. The molecule has 1 amide bonds. The molecule has 0 aliphatic heterocycles. The standard InChI is InChI=1S/C12H22N4O/c1-5-9(4)11(13)12(17)15-10-6-14-16(7-10)8(2)3/h6-9,11H,5,13H2,1-4H3,(H,15,17)/t9-,11-/m0/s1. The molecule has 0 aliphatic rings. The molecule has 1 heterocycles. The fourth-order valence-corrected chi connectivity index (χ4v) is 1.42. The van der Waals surface area contributed by atoms with Crippen LogP contribution in [0.1, 0.15) is 40.2 Å². The number of amides is 1. The first-order chi connectivity index (χ1) is 7.95. The SMILES string of the molecule is CC[C@H](C)[C@H](N)C(=O)Nc1cnn(C(C)C)c1. The second-order valence-electron chi connectivity index (χ2n) is 4.70. The number of carbonyl (C=O) groups excluding carboxylic acids is 1. The van der Waals surface area contributed by atoms with Crippen LogP contribution in [0.15, 0.2) is 12.4 Å². The molecule has 2 atom stereocenters. The molecule has 0 saturated heterocycles. The fraction of sp³-hybridized carbons (Fsp3) is 0.667. The van der Waals surface area contributed by atoms with Gasteiger partial charge in [0.15, 0.2) is 0 Å². The number of hydrogen-bond donors (Lipinski definition) is 2. The van der Waals surface area contributed by atoms with Crippen LogP contribution in [-0.2, 0) is 4.79 Å². The van der Waals surface area contributed by atoms with Gasteiger partial charge in [-0.3, -0.25) is 9.48 Å². The number of anilines is 1. The minimum Gasteiger partial charge on any atom is -0.322 e. The Labute approximate surface area is 102 Å². The average molecular weight is 238 g/mol. The van der Waals surface area contributed by atoms with Gasteiger partial charge in [-0.1, -0.05) is 20.3 Å². The van der Waals surface area contributed by atoms with Gasteiger partial charge in [-0.15, -0.1) is 0 Å². The Kier molecular flexibility index (Phi) is 4.69. The van der Waals surface area contributed by atoms with E-state index in [-0.39, 0.29) is 17.9 Å². The lowest BCUT2D eigenvalue weighted by Gasteiger charge is -2.16. The Hall–Kier alpha value is -1.36. The van der Waals surface area contributed by atoms with E-state index in [1.54, 1.807) is 10.9 Å². The van der Waals surface area contributed by atoms with E-state index in [0.717, 1.165) is 6.42 Å². The lowest BCUT2D eigenvalue weighted by molar-refractivity contribution is -0.118. The van der Waals surface area contributed by atoms with E-state index >= 15 is 0 Å². The smallest absolute Gasteiger partial charge is 0.241 e. The second-order valence-corrected chi connectivity index (χ2v) is 4.70. The van der Waals surface area contributed by atoms with Crippen LogP contribution in [0.3, 0.4) is 0 Å². The predicted molar refractivity (Wildman–Crippen MR) is 68.7 cm³/mol. The van der Waals surface area contributed by atoms with Crippen LogP contribution < -0.4 is 11.1 Å². The number of aromatic nitrogens is 2. The largest absolute Gasteiger partial charge is 0.322 e. The van der Waals surface area contributed by atoms with Gasteiger partial charge in [0, 0.05) is 12.2 Å². The zero-order valence-corrected chi connectivity index (χ0v) is 11.0. The van der Waals surface area contributed by atoms with Crippen molar-refractivity contribution in [3.63, 3.8) is 0 Å². The van der Waals surface area contributed by atoms with E-state index in [4.69, 9.17) is 5.73 Å². The summed E-state index contributed by atoms with van der Waals surface area (Å²) < 4.78 is 1.80. The Bertz CT molecular complexity index is 372. The minimum atomic E-state index is -0.470.